The summed E-state index contributed by atoms with van der Waals surface area (Å²) < 4.78 is 0. The van der Waals surface area contributed by atoms with Crippen LogP contribution in [0.3, 0.4) is 0 Å². The van der Waals surface area contributed by atoms with E-state index < -0.39 is 6.10 Å². The number of aliphatic hydroxyl groups is 1. The number of thiophene rings is 1. The monoisotopic (exact) mass is 262 g/mol. The normalized spacial score (nSPS) is 14.4. The highest BCUT2D eigenvalue weighted by molar-refractivity contribution is 7.10. The summed E-state index contributed by atoms with van der Waals surface area (Å²) in [6.07, 6.45) is 3.87. The van der Waals surface area contributed by atoms with Crippen LogP contribution in [0.2, 0.25) is 0 Å². The first-order valence-corrected chi connectivity index (χ1v) is 7.00. The Balaban J connectivity index is 2.28. The Labute approximate surface area is 111 Å². The van der Waals surface area contributed by atoms with Crippen LogP contribution in [0.4, 0.5) is 0 Å². The van der Waals surface area contributed by atoms with Gasteiger partial charge in [0.2, 0.25) is 0 Å². The molecule has 3 nitrogen and oxygen atoms in total. The molecule has 4 heteroatoms. The fraction of sp³-hybridized carbons (Fsp3) is 0.357. The van der Waals surface area contributed by atoms with Gasteiger partial charge in [-0.1, -0.05) is 6.92 Å². The summed E-state index contributed by atoms with van der Waals surface area (Å²) in [6, 6.07) is 5.91. The summed E-state index contributed by atoms with van der Waals surface area (Å²) in [7, 11) is 0. The molecular weight excluding hydrogens is 244 g/mol. The van der Waals surface area contributed by atoms with Crippen molar-refractivity contribution in [2.24, 2.45) is 5.73 Å². The minimum Gasteiger partial charge on any atom is -0.387 e. The van der Waals surface area contributed by atoms with Crippen LogP contribution in [0.25, 0.3) is 0 Å². The first-order valence-electron chi connectivity index (χ1n) is 6.12. The molecule has 2 aromatic heterocycles. The molecule has 2 heterocycles. The molecule has 0 aliphatic heterocycles. The highest BCUT2D eigenvalue weighted by Gasteiger charge is 2.24. The topological polar surface area (TPSA) is 59.1 Å². The SMILES string of the molecule is CCc1ccsc1C(O)C(CN)c1ccncc1. The number of rotatable bonds is 5. The van der Waals surface area contributed by atoms with Gasteiger partial charge in [0.25, 0.3) is 0 Å². The molecule has 0 radical (unpaired) electrons. The lowest BCUT2D eigenvalue weighted by Crippen LogP contribution is -2.20. The molecule has 0 saturated carbocycles. The highest BCUT2D eigenvalue weighted by Crippen LogP contribution is 2.35. The van der Waals surface area contributed by atoms with Gasteiger partial charge in [0.15, 0.2) is 0 Å². The van der Waals surface area contributed by atoms with Crippen molar-refractivity contribution in [3.05, 3.63) is 52.0 Å². The molecule has 96 valence electrons. The van der Waals surface area contributed by atoms with Crippen molar-refractivity contribution >= 4 is 11.3 Å². The van der Waals surface area contributed by atoms with E-state index in [0.29, 0.717) is 6.54 Å². The molecule has 0 bridgehead atoms. The molecule has 0 fully saturated rings. The van der Waals surface area contributed by atoms with Crippen molar-refractivity contribution < 1.29 is 5.11 Å². The van der Waals surface area contributed by atoms with Gasteiger partial charge in [-0.3, -0.25) is 4.98 Å². The number of aryl methyl sites for hydroxylation is 1. The summed E-state index contributed by atoms with van der Waals surface area (Å²) >= 11 is 1.60. The van der Waals surface area contributed by atoms with E-state index in [0.717, 1.165) is 16.9 Å². The number of nitrogens with zero attached hydrogens (tertiary/aromatic N) is 1. The van der Waals surface area contributed by atoms with E-state index in [-0.39, 0.29) is 5.92 Å². The fourth-order valence-electron chi connectivity index (χ4n) is 2.14. The molecule has 0 spiro atoms. The third kappa shape index (κ3) is 2.61. The van der Waals surface area contributed by atoms with E-state index in [1.807, 2.05) is 17.5 Å². The van der Waals surface area contributed by atoms with Gasteiger partial charge in [0.1, 0.15) is 0 Å². The molecule has 0 aromatic carbocycles. The van der Waals surface area contributed by atoms with Gasteiger partial charge in [-0.15, -0.1) is 11.3 Å². The van der Waals surface area contributed by atoms with Crippen molar-refractivity contribution in [3.8, 4) is 0 Å². The van der Waals surface area contributed by atoms with E-state index in [2.05, 4.69) is 18.0 Å². The molecule has 0 saturated heterocycles. The van der Waals surface area contributed by atoms with Gasteiger partial charge in [-0.25, -0.2) is 0 Å². The molecule has 2 atom stereocenters. The molecular formula is C14H18N2OS. The van der Waals surface area contributed by atoms with Gasteiger partial charge < -0.3 is 10.8 Å². The molecule has 2 unspecified atom stereocenters. The number of pyridine rings is 1. The van der Waals surface area contributed by atoms with Crippen LogP contribution in [0.5, 0.6) is 0 Å². The quantitative estimate of drug-likeness (QED) is 0.870. The largest absolute Gasteiger partial charge is 0.387 e. The lowest BCUT2D eigenvalue weighted by molar-refractivity contribution is 0.150. The Morgan fingerprint density at radius 2 is 2.06 bits per heavy atom. The van der Waals surface area contributed by atoms with Gasteiger partial charge >= 0.3 is 0 Å². The summed E-state index contributed by atoms with van der Waals surface area (Å²) in [6.45, 7) is 2.52. The third-order valence-corrected chi connectivity index (χ3v) is 4.23. The Morgan fingerprint density at radius 3 is 2.67 bits per heavy atom. The van der Waals surface area contributed by atoms with Crippen LogP contribution < -0.4 is 5.73 Å². The summed E-state index contributed by atoms with van der Waals surface area (Å²) in [5, 5.41) is 12.6. The predicted octanol–water partition coefficient (Wildman–Crippen LogP) is 2.48. The number of nitrogens with two attached hydrogens (primary N) is 1. The number of aromatic nitrogens is 1. The molecule has 0 amide bonds. The Bertz CT molecular complexity index is 484. The molecule has 0 aliphatic carbocycles. The lowest BCUT2D eigenvalue weighted by Gasteiger charge is -2.22. The van der Waals surface area contributed by atoms with E-state index >= 15 is 0 Å². The van der Waals surface area contributed by atoms with Crippen molar-refractivity contribution in [1.29, 1.82) is 0 Å². The van der Waals surface area contributed by atoms with Gasteiger partial charge in [-0.05, 0) is 41.1 Å². The van der Waals surface area contributed by atoms with Crippen LogP contribution >= 0.6 is 11.3 Å². The van der Waals surface area contributed by atoms with Gasteiger partial charge in [0, 0.05) is 29.7 Å². The smallest absolute Gasteiger partial charge is 0.0965 e. The van der Waals surface area contributed by atoms with Crippen molar-refractivity contribution in [1.82, 2.24) is 4.98 Å². The van der Waals surface area contributed by atoms with Crippen molar-refractivity contribution in [3.63, 3.8) is 0 Å². The van der Waals surface area contributed by atoms with Gasteiger partial charge in [0.05, 0.1) is 6.10 Å². The second kappa shape index (κ2) is 6.09. The number of hydrogen-bond acceptors (Lipinski definition) is 4. The molecule has 2 aromatic rings. The molecule has 18 heavy (non-hydrogen) atoms. The fourth-order valence-corrected chi connectivity index (χ4v) is 3.19. The van der Waals surface area contributed by atoms with Crippen LogP contribution in [-0.2, 0) is 6.42 Å². The Morgan fingerprint density at radius 1 is 1.33 bits per heavy atom. The second-order valence-corrected chi connectivity index (χ2v) is 5.18. The minimum absolute atomic E-state index is 0.0723. The minimum atomic E-state index is -0.535. The maximum atomic E-state index is 10.5. The highest BCUT2D eigenvalue weighted by atomic mass is 32.1. The van der Waals surface area contributed by atoms with E-state index in [1.54, 1.807) is 23.7 Å². The van der Waals surface area contributed by atoms with E-state index in [9.17, 15) is 5.11 Å². The summed E-state index contributed by atoms with van der Waals surface area (Å²) in [4.78, 5) is 5.03. The first kappa shape index (κ1) is 13.2. The average molecular weight is 262 g/mol. The van der Waals surface area contributed by atoms with Crippen LogP contribution in [0.1, 0.15) is 34.9 Å². The van der Waals surface area contributed by atoms with Crippen LogP contribution in [-0.4, -0.2) is 16.6 Å². The van der Waals surface area contributed by atoms with E-state index in [1.165, 1.54) is 5.56 Å². The summed E-state index contributed by atoms with van der Waals surface area (Å²) in [5.41, 5.74) is 8.07. The third-order valence-electron chi connectivity index (χ3n) is 3.20. The Hall–Kier alpha value is -1.23. The zero-order valence-corrected chi connectivity index (χ0v) is 11.2. The van der Waals surface area contributed by atoms with Crippen molar-refractivity contribution in [2.75, 3.05) is 6.54 Å². The van der Waals surface area contributed by atoms with Crippen LogP contribution in [0.15, 0.2) is 36.0 Å². The lowest BCUT2D eigenvalue weighted by atomic mass is 9.92. The zero-order valence-electron chi connectivity index (χ0n) is 10.4. The van der Waals surface area contributed by atoms with Crippen LogP contribution in [0, 0.1) is 0 Å². The summed E-state index contributed by atoms with van der Waals surface area (Å²) in [5.74, 6) is -0.0723. The molecule has 3 N–H and O–H groups in total. The molecule has 0 aliphatic rings. The van der Waals surface area contributed by atoms with Crippen molar-refractivity contribution in [2.45, 2.75) is 25.4 Å². The number of hydrogen-bond donors (Lipinski definition) is 2. The Kier molecular flexibility index (Phi) is 4.47. The maximum Gasteiger partial charge on any atom is 0.0965 e. The molecule has 2 rings (SSSR count). The zero-order chi connectivity index (χ0) is 13.0. The number of aliphatic hydroxyl groups excluding tert-OH is 1. The first-order chi connectivity index (χ1) is 8.77. The standard InChI is InChI=1S/C14H18N2OS/c1-2-10-5-8-18-14(10)13(17)12(9-15)11-3-6-16-7-4-11/h3-8,12-13,17H,2,9,15H2,1H3. The van der Waals surface area contributed by atoms with Gasteiger partial charge in [-0.2, -0.15) is 0 Å². The average Bonchev–Trinajstić information content (AvgIpc) is 2.89. The maximum absolute atomic E-state index is 10.5. The predicted molar refractivity (Wildman–Crippen MR) is 74.7 cm³/mol. The van der Waals surface area contributed by atoms with E-state index in [4.69, 9.17) is 5.73 Å². The second-order valence-electron chi connectivity index (χ2n) is 4.23.